The van der Waals surface area contributed by atoms with Gasteiger partial charge in [-0.15, -0.1) is 34.0 Å². The van der Waals surface area contributed by atoms with Crippen LogP contribution in [0.15, 0.2) is 82.0 Å². The normalized spacial score (nSPS) is 13.4. The molecule has 1 nitrogen and oxygen atoms in total. The van der Waals surface area contributed by atoms with Gasteiger partial charge < -0.3 is 4.57 Å². The highest BCUT2D eigenvalue weighted by Crippen LogP contribution is 2.49. The molecule has 0 spiro atoms. The molecule has 0 N–H and O–H groups in total. The van der Waals surface area contributed by atoms with Crippen molar-refractivity contribution in [3.8, 4) is 16.8 Å². The Bertz CT molecular complexity index is 1710. The average Bonchev–Trinajstić information content (AvgIpc) is 3.51. The lowest BCUT2D eigenvalue weighted by atomic mass is 10.0. The van der Waals surface area contributed by atoms with E-state index in [-0.39, 0.29) is 0 Å². The fourth-order valence-electron chi connectivity index (χ4n) is 4.69. The van der Waals surface area contributed by atoms with Gasteiger partial charge in [0.2, 0.25) is 0 Å². The third-order valence-corrected chi connectivity index (χ3v) is 10.9. The zero-order chi connectivity index (χ0) is 21.2. The highest BCUT2D eigenvalue weighted by Gasteiger charge is 2.20. The molecule has 0 bridgehead atoms. The van der Waals surface area contributed by atoms with Crippen LogP contribution in [0.5, 0.6) is 0 Å². The van der Waals surface area contributed by atoms with E-state index >= 15 is 0 Å². The van der Waals surface area contributed by atoms with Crippen LogP contribution >= 0.6 is 49.9 Å². The first kappa shape index (κ1) is 19.1. The Labute approximate surface area is 205 Å². The van der Waals surface area contributed by atoms with Crippen LogP contribution in [0.1, 0.15) is 11.3 Å². The third-order valence-electron chi connectivity index (χ3n) is 6.11. The van der Waals surface area contributed by atoms with Gasteiger partial charge in [-0.25, -0.2) is 0 Å². The third kappa shape index (κ3) is 2.72. The number of halogens is 1. The van der Waals surface area contributed by atoms with Crippen molar-refractivity contribution in [2.45, 2.75) is 6.42 Å². The quantitative estimate of drug-likeness (QED) is 0.210. The summed E-state index contributed by atoms with van der Waals surface area (Å²) in [5, 5.41) is 5.85. The van der Waals surface area contributed by atoms with Gasteiger partial charge in [-0.1, -0.05) is 48.6 Å². The molecule has 32 heavy (non-hydrogen) atoms. The molecule has 0 saturated heterocycles. The number of hydrogen-bond donors (Lipinski definition) is 0. The van der Waals surface area contributed by atoms with Gasteiger partial charge in [0.05, 0.1) is 24.3 Å². The summed E-state index contributed by atoms with van der Waals surface area (Å²) in [5.74, 6) is 0. The Balaban J connectivity index is 1.50. The van der Waals surface area contributed by atoms with Gasteiger partial charge in [0.15, 0.2) is 0 Å². The van der Waals surface area contributed by atoms with Crippen molar-refractivity contribution in [1.29, 1.82) is 0 Å². The van der Waals surface area contributed by atoms with Crippen LogP contribution in [0.2, 0.25) is 0 Å². The number of benzene rings is 2. The zero-order valence-corrected chi connectivity index (χ0v) is 20.9. The van der Waals surface area contributed by atoms with Crippen molar-refractivity contribution in [1.82, 2.24) is 4.57 Å². The van der Waals surface area contributed by atoms with Crippen molar-refractivity contribution >= 4 is 85.7 Å². The van der Waals surface area contributed by atoms with E-state index in [1.165, 1.54) is 62.2 Å². The largest absolute Gasteiger partial charge is 0.313 e. The number of thiophene rings is 3. The molecule has 0 saturated carbocycles. The first-order chi connectivity index (χ1) is 15.8. The minimum Gasteiger partial charge on any atom is -0.313 e. The van der Waals surface area contributed by atoms with Gasteiger partial charge in [-0.05, 0) is 45.8 Å². The maximum atomic E-state index is 3.73. The lowest BCUT2D eigenvalue weighted by Crippen LogP contribution is -1.99. The number of aromatic nitrogens is 1. The molecule has 1 aliphatic carbocycles. The maximum absolute atomic E-state index is 3.73. The lowest BCUT2D eigenvalue weighted by molar-refractivity contribution is 1.00. The van der Waals surface area contributed by atoms with Crippen molar-refractivity contribution in [3.05, 3.63) is 93.2 Å². The second-order valence-electron chi connectivity index (χ2n) is 7.91. The summed E-state index contributed by atoms with van der Waals surface area (Å²) in [4.78, 5) is 0. The fraction of sp³-hybridized carbons (Fsp3) is 0.0370. The number of hydrogen-bond acceptors (Lipinski definition) is 3. The minimum atomic E-state index is 0.930. The molecule has 0 atom stereocenters. The van der Waals surface area contributed by atoms with Crippen LogP contribution in [0.3, 0.4) is 0 Å². The van der Waals surface area contributed by atoms with E-state index in [1.54, 1.807) is 0 Å². The lowest BCUT2D eigenvalue weighted by Gasteiger charge is -2.10. The van der Waals surface area contributed by atoms with Gasteiger partial charge in [0.1, 0.15) is 0 Å². The second-order valence-corrected chi connectivity index (χ2v) is 11.5. The summed E-state index contributed by atoms with van der Waals surface area (Å²) >= 11 is 9.34. The van der Waals surface area contributed by atoms with E-state index in [0.717, 1.165) is 6.42 Å². The Morgan fingerprint density at radius 1 is 0.844 bits per heavy atom. The van der Waals surface area contributed by atoms with Crippen molar-refractivity contribution < 1.29 is 0 Å². The van der Waals surface area contributed by atoms with Gasteiger partial charge >= 0.3 is 0 Å². The van der Waals surface area contributed by atoms with Crippen LogP contribution in [-0.2, 0) is 6.42 Å². The zero-order valence-electron chi connectivity index (χ0n) is 16.8. The minimum absolute atomic E-state index is 0.930. The molecule has 0 unspecified atom stereocenters. The molecule has 2 aromatic carbocycles. The first-order valence-corrected chi connectivity index (χ1v) is 13.8. The van der Waals surface area contributed by atoms with Gasteiger partial charge in [-0.2, -0.15) is 0 Å². The van der Waals surface area contributed by atoms with E-state index in [0.29, 0.717) is 0 Å². The van der Waals surface area contributed by atoms with Crippen LogP contribution < -0.4 is 0 Å². The predicted molar refractivity (Wildman–Crippen MR) is 147 cm³/mol. The van der Waals surface area contributed by atoms with Gasteiger partial charge in [-0.3, -0.25) is 0 Å². The highest BCUT2D eigenvalue weighted by molar-refractivity contribution is 9.10. The summed E-state index contributed by atoms with van der Waals surface area (Å²) in [5.41, 5.74) is 7.82. The van der Waals surface area contributed by atoms with E-state index in [1.807, 2.05) is 34.0 Å². The van der Waals surface area contributed by atoms with Crippen LogP contribution in [0, 0.1) is 0 Å². The number of rotatable bonds is 2. The molecule has 0 amide bonds. The Kier molecular flexibility index (Phi) is 4.34. The molecule has 4 heterocycles. The predicted octanol–water partition coefficient (Wildman–Crippen LogP) is 9.68. The smallest absolute Gasteiger partial charge is 0.0641 e. The average molecular weight is 531 g/mol. The summed E-state index contributed by atoms with van der Waals surface area (Å²) in [6, 6.07) is 17.7. The molecule has 7 rings (SSSR count). The number of allylic oxidation sites excluding steroid dienone is 3. The van der Waals surface area contributed by atoms with Crippen LogP contribution in [-0.4, -0.2) is 4.57 Å². The Morgan fingerprint density at radius 2 is 1.69 bits per heavy atom. The van der Waals surface area contributed by atoms with E-state index < -0.39 is 0 Å². The van der Waals surface area contributed by atoms with E-state index in [2.05, 4.69) is 104 Å². The summed E-state index contributed by atoms with van der Waals surface area (Å²) in [7, 11) is 0. The van der Waals surface area contributed by atoms with Crippen molar-refractivity contribution in [2.24, 2.45) is 0 Å². The molecule has 1 aliphatic rings. The summed E-state index contributed by atoms with van der Waals surface area (Å²) in [6.07, 6.45) is 9.77. The van der Waals surface area contributed by atoms with Crippen molar-refractivity contribution in [3.63, 3.8) is 0 Å². The second kappa shape index (κ2) is 7.29. The van der Waals surface area contributed by atoms with Gasteiger partial charge in [0, 0.05) is 49.5 Å². The highest BCUT2D eigenvalue weighted by atomic mass is 79.9. The molecule has 0 fully saturated rings. The standard InChI is InChI=1S/C27H16BrNS3/c28-21-15-31-27-25(21)32-24-20(14-30-26(24)27)16-11-12-23-19(13-16)18-9-5-2-6-10-22(18)29(23)17-7-3-1-4-8-17/h1-9,11-15H,10H2. The van der Waals surface area contributed by atoms with Gasteiger partial charge in [0.25, 0.3) is 0 Å². The molecule has 4 aromatic heterocycles. The Hall–Kier alpha value is -2.44. The molecule has 0 radical (unpaired) electrons. The maximum Gasteiger partial charge on any atom is 0.0641 e. The molecule has 6 aromatic rings. The number of para-hydroxylation sites is 1. The van der Waals surface area contributed by atoms with Crippen LogP contribution in [0.25, 0.3) is 52.6 Å². The molecular formula is C27H16BrNS3. The summed E-state index contributed by atoms with van der Waals surface area (Å²) < 4.78 is 9.25. The molecular weight excluding hydrogens is 514 g/mol. The van der Waals surface area contributed by atoms with Crippen LogP contribution in [0.4, 0.5) is 0 Å². The monoisotopic (exact) mass is 529 g/mol. The van der Waals surface area contributed by atoms with E-state index in [4.69, 9.17) is 0 Å². The van der Waals surface area contributed by atoms with Crippen molar-refractivity contribution in [2.75, 3.05) is 0 Å². The first-order valence-electron chi connectivity index (χ1n) is 10.4. The Morgan fingerprint density at radius 3 is 2.59 bits per heavy atom. The SMILES string of the molecule is Brc1csc2c1sc1c(-c3ccc4c(c3)c3c(n4-c4ccccc4)CC=CC=C3)csc12. The topological polar surface area (TPSA) is 4.93 Å². The van der Waals surface area contributed by atoms with E-state index in [9.17, 15) is 0 Å². The number of fused-ring (bicyclic) bond motifs is 6. The molecule has 5 heteroatoms. The fourth-order valence-corrected chi connectivity index (χ4v) is 9.37. The number of nitrogens with zero attached hydrogens (tertiary/aromatic N) is 1. The molecule has 154 valence electrons. The summed E-state index contributed by atoms with van der Waals surface area (Å²) in [6.45, 7) is 0. The molecule has 0 aliphatic heterocycles.